The number of ether oxygens (including phenoxy) is 2. The first-order valence-corrected chi connectivity index (χ1v) is 13.1. The van der Waals surface area contributed by atoms with Crippen molar-refractivity contribution in [1.29, 1.82) is 0 Å². The zero-order valence-electron chi connectivity index (χ0n) is 22.4. The summed E-state index contributed by atoms with van der Waals surface area (Å²) in [4.78, 5) is 22.6. The van der Waals surface area contributed by atoms with Gasteiger partial charge in [0.2, 0.25) is 0 Å². The van der Waals surface area contributed by atoms with E-state index >= 15 is 0 Å². The molecule has 0 bridgehead atoms. The van der Waals surface area contributed by atoms with E-state index in [0.717, 1.165) is 0 Å². The van der Waals surface area contributed by atoms with Crippen molar-refractivity contribution < 1.29 is 19.1 Å². The highest BCUT2D eigenvalue weighted by Crippen LogP contribution is 2.45. The fourth-order valence-electron chi connectivity index (χ4n) is 5.51. The van der Waals surface area contributed by atoms with E-state index in [1.54, 1.807) is 14.1 Å². The summed E-state index contributed by atoms with van der Waals surface area (Å²) in [6, 6.07) is 31.4. The summed E-state index contributed by atoms with van der Waals surface area (Å²) in [5.74, 6) is 0.253. The van der Waals surface area contributed by atoms with E-state index in [1.165, 1.54) is 50.1 Å². The van der Waals surface area contributed by atoms with Crippen LogP contribution < -0.4 is 10.6 Å². The van der Waals surface area contributed by atoms with Gasteiger partial charge >= 0.3 is 12.2 Å². The molecule has 6 rings (SSSR count). The number of hydrogen-bond donors (Lipinski definition) is 2. The zero-order valence-corrected chi connectivity index (χ0v) is 22.4. The van der Waals surface area contributed by atoms with Crippen LogP contribution in [0.4, 0.5) is 9.59 Å². The number of fused-ring (bicyclic) bond motifs is 6. The van der Waals surface area contributed by atoms with Crippen molar-refractivity contribution in [3.05, 3.63) is 119 Å². The molecular weight excluding hydrogens is 488 g/mol. The van der Waals surface area contributed by atoms with E-state index in [1.807, 2.05) is 36.4 Å². The predicted octanol–water partition coefficient (Wildman–Crippen LogP) is 6.62. The Morgan fingerprint density at radius 2 is 0.974 bits per heavy atom. The van der Waals surface area contributed by atoms with E-state index in [0.29, 0.717) is 13.2 Å². The van der Waals surface area contributed by atoms with Gasteiger partial charge in [-0.05, 0) is 51.4 Å². The van der Waals surface area contributed by atoms with Gasteiger partial charge < -0.3 is 20.1 Å². The van der Waals surface area contributed by atoms with Gasteiger partial charge in [0.15, 0.2) is 0 Å². The fourth-order valence-corrected chi connectivity index (χ4v) is 5.51. The average Bonchev–Trinajstić information content (AvgIpc) is 3.46. The third-order valence-corrected chi connectivity index (χ3v) is 7.34. The number of carbonyl (C=O) groups is 2. The summed E-state index contributed by atoms with van der Waals surface area (Å²) in [5.41, 5.74) is 11.1. The maximum Gasteiger partial charge on any atom is 0.406 e. The van der Waals surface area contributed by atoms with Crippen LogP contribution in [0.25, 0.3) is 22.3 Å². The molecule has 0 radical (unpaired) electrons. The van der Waals surface area contributed by atoms with Crippen LogP contribution in [0.15, 0.2) is 91.0 Å². The lowest BCUT2D eigenvalue weighted by atomic mass is 9.97. The summed E-state index contributed by atoms with van der Waals surface area (Å²) >= 11 is 0. The quantitative estimate of drug-likeness (QED) is 0.317. The van der Waals surface area contributed by atoms with Crippen molar-refractivity contribution in [2.45, 2.75) is 18.8 Å². The second-order valence-electron chi connectivity index (χ2n) is 9.65. The lowest BCUT2D eigenvalue weighted by Crippen LogP contribution is -2.22. The summed E-state index contributed by atoms with van der Waals surface area (Å²) < 4.78 is 10.5. The molecule has 0 aliphatic heterocycles. The van der Waals surface area contributed by atoms with Gasteiger partial charge in [-0.2, -0.15) is 0 Å². The lowest BCUT2D eigenvalue weighted by molar-refractivity contribution is 0.144. The standard InChI is InChI=1S/C17H17NO2.C16H15NO2/c1-11-7-8-14-12-5-3-4-6-13(12)16(15(14)9-11)10-20-17(19)18-2;1-17-16(18)19-10-15-13-8-4-2-6-11(13)12-7-3-5-9-14(12)15/h3-9,16H,10H2,1-2H3,(H,18,19);2-9,15H,10H2,1H3,(H,17,18). The van der Waals surface area contributed by atoms with E-state index in [2.05, 4.69) is 72.2 Å². The van der Waals surface area contributed by atoms with Gasteiger partial charge in [0.05, 0.1) is 0 Å². The molecule has 2 aliphatic carbocycles. The number of rotatable bonds is 4. The Labute approximate surface area is 229 Å². The van der Waals surface area contributed by atoms with Gasteiger partial charge in [0.25, 0.3) is 0 Å². The highest BCUT2D eigenvalue weighted by atomic mass is 16.6. The van der Waals surface area contributed by atoms with Crippen molar-refractivity contribution in [3.8, 4) is 22.3 Å². The van der Waals surface area contributed by atoms with Crippen LogP contribution in [0.5, 0.6) is 0 Å². The average molecular weight is 521 g/mol. The molecule has 1 atom stereocenters. The first-order valence-electron chi connectivity index (χ1n) is 13.1. The normalized spacial score (nSPS) is 14.1. The smallest absolute Gasteiger partial charge is 0.406 e. The van der Waals surface area contributed by atoms with E-state index in [4.69, 9.17) is 9.47 Å². The molecule has 198 valence electrons. The van der Waals surface area contributed by atoms with Gasteiger partial charge in [0, 0.05) is 25.9 Å². The van der Waals surface area contributed by atoms with Crippen LogP contribution in [0.3, 0.4) is 0 Å². The first-order chi connectivity index (χ1) is 19.0. The molecule has 6 heteroatoms. The topological polar surface area (TPSA) is 76.7 Å². The second kappa shape index (κ2) is 11.4. The monoisotopic (exact) mass is 520 g/mol. The summed E-state index contributed by atoms with van der Waals surface area (Å²) in [6.07, 6.45) is -0.773. The molecule has 0 heterocycles. The number of aryl methyl sites for hydroxylation is 1. The van der Waals surface area contributed by atoms with Crippen LogP contribution >= 0.6 is 0 Å². The molecule has 0 saturated carbocycles. The molecule has 1 unspecified atom stereocenters. The lowest BCUT2D eigenvalue weighted by Gasteiger charge is -2.14. The maximum atomic E-state index is 11.3. The SMILES string of the molecule is CNC(=O)OCC1c2ccccc2-c2ccc(C)cc21.CNC(=O)OCC1c2ccccc2-c2ccccc21. The number of alkyl carbamates (subject to hydrolysis) is 2. The van der Waals surface area contributed by atoms with E-state index < -0.39 is 0 Å². The van der Waals surface area contributed by atoms with Gasteiger partial charge in [-0.3, -0.25) is 0 Å². The van der Waals surface area contributed by atoms with Crippen molar-refractivity contribution in [2.75, 3.05) is 27.3 Å². The molecule has 39 heavy (non-hydrogen) atoms. The molecule has 2 amide bonds. The minimum absolute atomic E-state index is 0.124. The minimum Gasteiger partial charge on any atom is -0.449 e. The van der Waals surface area contributed by atoms with E-state index in [-0.39, 0.29) is 24.0 Å². The van der Waals surface area contributed by atoms with Crippen molar-refractivity contribution >= 4 is 12.2 Å². The van der Waals surface area contributed by atoms with Crippen LogP contribution in [0.1, 0.15) is 39.7 Å². The van der Waals surface area contributed by atoms with Gasteiger partial charge in [-0.15, -0.1) is 0 Å². The maximum absolute atomic E-state index is 11.3. The van der Waals surface area contributed by atoms with Gasteiger partial charge in [0.1, 0.15) is 13.2 Å². The van der Waals surface area contributed by atoms with E-state index in [9.17, 15) is 9.59 Å². The third kappa shape index (κ3) is 5.23. The second-order valence-corrected chi connectivity index (χ2v) is 9.65. The van der Waals surface area contributed by atoms with Crippen LogP contribution in [-0.4, -0.2) is 39.5 Å². The predicted molar refractivity (Wildman–Crippen MR) is 153 cm³/mol. The van der Waals surface area contributed by atoms with Crippen molar-refractivity contribution in [3.63, 3.8) is 0 Å². The molecule has 2 aliphatic rings. The number of amides is 2. The molecule has 0 aromatic heterocycles. The third-order valence-electron chi connectivity index (χ3n) is 7.34. The summed E-state index contributed by atoms with van der Waals surface area (Å²) in [7, 11) is 3.14. The molecule has 2 N–H and O–H groups in total. The molecule has 0 spiro atoms. The Morgan fingerprint density at radius 3 is 1.41 bits per heavy atom. The molecule has 6 nitrogen and oxygen atoms in total. The highest BCUT2D eigenvalue weighted by molar-refractivity contribution is 5.80. The Morgan fingerprint density at radius 1 is 0.590 bits per heavy atom. The van der Waals surface area contributed by atoms with Crippen LogP contribution in [0.2, 0.25) is 0 Å². The molecule has 0 fully saturated rings. The molecule has 4 aromatic carbocycles. The highest BCUT2D eigenvalue weighted by Gasteiger charge is 2.30. The number of hydrogen-bond acceptors (Lipinski definition) is 4. The Hall–Kier alpha value is -4.58. The Bertz CT molecular complexity index is 1470. The van der Waals surface area contributed by atoms with Gasteiger partial charge in [-0.1, -0.05) is 96.6 Å². The van der Waals surface area contributed by atoms with Crippen LogP contribution in [-0.2, 0) is 9.47 Å². The van der Waals surface area contributed by atoms with Crippen molar-refractivity contribution in [2.24, 2.45) is 0 Å². The molecule has 0 saturated heterocycles. The fraction of sp³-hybridized carbons (Fsp3) is 0.212. The summed E-state index contributed by atoms with van der Waals surface area (Å²) in [5, 5.41) is 4.96. The van der Waals surface area contributed by atoms with Gasteiger partial charge in [-0.25, -0.2) is 9.59 Å². The first kappa shape index (κ1) is 26.0. The molecular formula is C33H32N2O4. The number of nitrogens with one attached hydrogen (secondary N) is 2. The minimum atomic E-state index is -0.387. The zero-order chi connectivity index (χ0) is 27.4. The largest absolute Gasteiger partial charge is 0.449 e. The number of carbonyl (C=O) groups excluding carboxylic acids is 2. The number of benzene rings is 4. The Balaban J connectivity index is 0.000000158. The van der Waals surface area contributed by atoms with Crippen molar-refractivity contribution in [1.82, 2.24) is 10.6 Å². The van der Waals surface area contributed by atoms with Crippen LogP contribution in [0, 0.1) is 6.92 Å². The Kier molecular flexibility index (Phi) is 7.64. The summed E-state index contributed by atoms with van der Waals surface area (Å²) in [6.45, 7) is 2.82. The molecule has 4 aromatic rings.